The lowest BCUT2D eigenvalue weighted by molar-refractivity contribution is 0.549. The smallest absolute Gasteiger partial charge is 0.224 e. The number of hydrogen-bond acceptors (Lipinski definition) is 1. The van der Waals surface area contributed by atoms with Gasteiger partial charge in [0, 0.05) is 0 Å². The predicted octanol–water partition coefficient (Wildman–Crippen LogP) is 3.58. The molecule has 0 amide bonds. The second-order valence-corrected chi connectivity index (χ2v) is 8.31. The molecule has 0 aromatic heterocycles. The minimum Gasteiger partial charge on any atom is -0.427 e. The third-order valence-corrected chi connectivity index (χ3v) is 7.17. The van der Waals surface area contributed by atoms with E-state index >= 15 is 0 Å². The molecule has 2 heteroatoms. The molecule has 0 radical (unpaired) electrons. The molecular weight excluding hydrogens is 236 g/mol. The van der Waals surface area contributed by atoms with Crippen LogP contribution in [0.25, 0.3) is 10.8 Å². The fraction of sp³-hybridized carbons (Fsp3) is 0.250. The quantitative estimate of drug-likeness (QED) is 0.640. The van der Waals surface area contributed by atoms with Crippen LogP contribution in [0.5, 0.6) is 0 Å². The third kappa shape index (κ3) is 2.40. The molecule has 0 aliphatic carbocycles. The van der Waals surface area contributed by atoms with E-state index in [1.807, 2.05) is 24.3 Å². The highest BCUT2D eigenvalue weighted by atomic mass is 28.4. The Labute approximate surface area is 110 Å². The van der Waals surface area contributed by atoms with Crippen molar-refractivity contribution in [3.8, 4) is 0 Å². The molecule has 0 aliphatic rings. The van der Waals surface area contributed by atoms with Crippen molar-refractivity contribution < 1.29 is 4.80 Å². The second kappa shape index (κ2) is 5.51. The number of allylic oxidation sites excluding steroid dienone is 1. The summed E-state index contributed by atoms with van der Waals surface area (Å²) < 4.78 is 0. The largest absolute Gasteiger partial charge is 0.427 e. The van der Waals surface area contributed by atoms with E-state index in [1.54, 1.807) is 0 Å². The highest BCUT2D eigenvalue weighted by Crippen LogP contribution is 2.21. The van der Waals surface area contributed by atoms with Gasteiger partial charge in [0.2, 0.25) is 8.32 Å². The van der Waals surface area contributed by atoms with Crippen molar-refractivity contribution >= 4 is 24.3 Å². The second-order valence-electron chi connectivity index (χ2n) is 4.80. The maximum Gasteiger partial charge on any atom is 0.224 e. The monoisotopic (exact) mass is 256 g/mol. The van der Waals surface area contributed by atoms with E-state index in [9.17, 15) is 4.80 Å². The van der Waals surface area contributed by atoms with Crippen LogP contribution in [-0.2, 0) is 0 Å². The van der Waals surface area contributed by atoms with Crippen LogP contribution in [0.15, 0.2) is 55.1 Å². The van der Waals surface area contributed by atoms with Crippen molar-refractivity contribution in [2.45, 2.75) is 25.4 Å². The zero-order valence-electron chi connectivity index (χ0n) is 10.9. The van der Waals surface area contributed by atoms with Crippen LogP contribution in [-0.4, -0.2) is 13.1 Å². The molecule has 2 aromatic carbocycles. The summed E-state index contributed by atoms with van der Waals surface area (Å²) >= 11 is 0. The Morgan fingerprint density at radius 1 is 1.17 bits per heavy atom. The van der Waals surface area contributed by atoms with E-state index in [1.165, 1.54) is 10.8 Å². The summed E-state index contributed by atoms with van der Waals surface area (Å²) in [5.74, 6) is 0. The molecule has 0 bridgehead atoms. The number of benzene rings is 2. The minimum absolute atomic E-state index is 0.731. The molecule has 1 N–H and O–H groups in total. The molecule has 94 valence electrons. The van der Waals surface area contributed by atoms with E-state index in [4.69, 9.17) is 0 Å². The summed E-state index contributed by atoms with van der Waals surface area (Å²) in [6, 6.07) is 16.2. The highest BCUT2D eigenvalue weighted by Gasteiger charge is 2.32. The summed E-state index contributed by atoms with van der Waals surface area (Å²) in [4.78, 5) is 11.0. The summed E-state index contributed by atoms with van der Waals surface area (Å²) in [7, 11) is -2.41. The summed E-state index contributed by atoms with van der Waals surface area (Å²) in [5, 5.41) is 3.56. The van der Waals surface area contributed by atoms with E-state index in [-0.39, 0.29) is 0 Å². The SMILES string of the molecule is C=CC[Si](O)(CCC)c1cccc2ccccc12. The van der Waals surface area contributed by atoms with Crippen molar-refractivity contribution in [2.24, 2.45) is 0 Å². The standard InChI is InChI=1S/C16H20OSi/c1-3-12-18(17,13-4-2)16-11-7-9-14-8-5-6-10-15(14)16/h3,5-11,17H,1,4,12-13H2,2H3. The van der Waals surface area contributed by atoms with Gasteiger partial charge in [-0.25, -0.2) is 0 Å². The first-order valence-corrected chi connectivity index (χ1v) is 8.89. The fourth-order valence-electron chi connectivity index (χ4n) is 2.63. The van der Waals surface area contributed by atoms with Crippen LogP contribution >= 0.6 is 0 Å². The van der Waals surface area contributed by atoms with Crippen LogP contribution in [0.2, 0.25) is 12.1 Å². The van der Waals surface area contributed by atoms with E-state index < -0.39 is 8.32 Å². The molecule has 2 rings (SSSR count). The lowest BCUT2D eigenvalue weighted by Gasteiger charge is -2.25. The molecule has 1 atom stereocenters. The van der Waals surface area contributed by atoms with Gasteiger partial charge in [-0.15, -0.1) is 6.58 Å². The Kier molecular flexibility index (Phi) is 3.99. The van der Waals surface area contributed by atoms with Gasteiger partial charge in [-0.3, -0.25) is 0 Å². The van der Waals surface area contributed by atoms with Gasteiger partial charge in [0.1, 0.15) is 0 Å². The molecule has 0 spiro atoms. The molecule has 0 heterocycles. The van der Waals surface area contributed by atoms with Gasteiger partial charge in [0.15, 0.2) is 0 Å². The Morgan fingerprint density at radius 2 is 1.89 bits per heavy atom. The molecule has 0 saturated carbocycles. The maximum absolute atomic E-state index is 11.0. The zero-order chi connectivity index (χ0) is 13.0. The minimum atomic E-state index is -2.41. The van der Waals surface area contributed by atoms with Gasteiger partial charge in [0.05, 0.1) is 0 Å². The van der Waals surface area contributed by atoms with Gasteiger partial charge in [-0.05, 0) is 28.0 Å². The summed E-state index contributed by atoms with van der Waals surface area (Å²) in [6.07, 6.45) is 2.88. The van der Waals surface area contributed by atoms with Gasteiger partial charge < -0.3 is 4.80 Å². The van der Waals surface area contributed by atoms with Gasteiger partial charge in [-0.2, -0.15) is 0 Å². The van der Waals surface area contributed by atoms with E-state index in [2.05, 4.69) is 37.8 Å². The predicted molar refractivity (Wildman–Crippen MR) is 81.7 cm³/mol. The van der Waals surface area contributed by atoms with Crippen LogP contribution < -0.4 is 5.19 Å². The summed E-state index contributed by atoms with van der Waals surface area (Å²) in [6.45, 7) is 5.94. The lowest BCUT2D eigenvalue weighted by atomic mass is 10.1. The topological polar surface area (TPSA) is 20.2 Å². The fourth-order valence-corrected chi connectivity index (χ4v) is 5.76. The Hall–Kier alpha value is -1.38. The Morgan fingerprint density at radius 3 is 2.61 bits per heavy atom. The lowest BCUT2D eigenvalue weighted by Crippen LogP contribution is -2.47. The molecule has 18 heavy (non-hydrogen) atoms. The average Bonchev–Trinajstić information content (AvgIpc) is 2.38. The van der Waals surface area contributed by atoms with Crippen molar-refractivity contribution in [3.63, 3.8) is 0 Å². The molecule has 0 fully saturated rings. The van der Waals surface area contributed by atoms with Crippen LogP contribution in [0, 0.1) is 0 Å². The highest BCUT2D eigenvalue weighted by molar-refractivity contribution is 6.87. The number of fused-ring (bicyclic) bond motifs is 1. The van der Waals surface area contributed by atoms with E-state index in [0.29, 0.717) is 0 Å². The normalized spacial score (nSPS) is 14.3. The molecule has 0 saturated heterocycles. The molecule has 1 unspecified atom stereocenters. The van der Waals surface area contributed by atoms with Crippen molar-refractivity contribution in [3.05, 3.63) is 55.1 Å². The van der Waals surface area contributed by atoms with Gasteiger partial charge in [0.25, 0.3) is 0 Å². The van der Waals surface area contributed by atoms with Gasteiger partial charge >= 0.3 is 0 Å². The van der Waals surface area contributed by atoms with Crippen molar-refractivity contribution in [2.75, 3.05) is 0 Å². The molecule has 0 aliphatic heterocycles. The van der Waals surface area contributed by atoms with Crippen LogP contribution in [0.1, 0.15) is 13.3 Å². The molecule has 2 aromatic rings. The van der Waals surface area contributed by atoms with Crippen molar-refractivity contribution in [1.29, 1.82) is 0 Å². The van der Waals surface area contributed by atoms with Gasteiger partial charge in [-0.1, -0.05) is 61.9 Å². The zero-order valence-corrected chi connectivity index (χ0v) is 11.9. The first-order valence-electron chi connectivity index (χ1n) is 6.53. The maximum atomic E-state index is 11.0. The number of rotatable bonds is 5. The van der Waals surface area contributed by atoms with E-state index in [0.717, 1.165) is 23.7 Å². The van der Waals surface area contributed by atoms with Crippen LogP contribution in [0.4, 0.5) is 0 Å². The number of hydrogen-bond donors (Lipinski definition) is 1. The summed E-state index contributed by atoms with van der Waals surface area (Å²) in [5.41, 5.74) is 0. The average molecular weight is 256 g/mol. The first-order chi connectivity index (χ1) is 8.71. The third-order valence-electron chi connectivity index (χ3n) is 3.44. The van der Waals surface area contributed by atoms with Crippen molar-refractivity contribution in [1.82, 2.24) is 0 Å². The Bertz CT molecular complexity index is 544. The van der Waals surface area contributed by atoms with Crippen LogP contribution in [0.3, 0.4) is 0 Å². The Balaban J connectivity index is 2.60. The first kappa shape index (κ1) is 13.1. The molecule has 1 nitrogen and oxygen atoms in total. The molecular formula is C16H20OSi.